The maximum Gasteiger partial charge on any atom is 0.308 e. The molecule has 1 N–H and O–H groups in total. The molecule has 1 fully saturated rings. The zero-order valence-electron chi connectivity index (χ0n) is 13.6. The van der Waals surface area contributed by atoms with E-state index in [4.69, 9.17) is 0 Å². The molecule has 0 spiro atoms. The topological polar surface area (TPSA) is 57.6 Å². The van der Waals surface area contributed by atoms with Gasteiger partial charge in [0.15, 0.2) is 0 Å². The molecule has 3 atom stereocenters. The summed E-state index contributed by atoms with van der Waals surface area (Å²) in [5.41, 5.74) is 2.12. The lowest BCUT2D eigenvalue weighted by atomic mass is 9.89. The molecule has 2 aromatic rings. The zero-order chi connectivity index (χ0) is 17.4. The number of thiophene rings is 1. The first kappa shape index (κ1) is 16.7. The Labute approximate surface area is 154 Å². The highest BCUT2D eigenvalue weighted by atomic mass is 32.2. The smallest absolute Gasteiger partial charge is 0.308 e. The highest BCUT2D eigenvalue weighted by molar-refractivity contribution is 8.00. The second-order valence-electron chi connectivity index (χ2n) is 6.51. The third-order valence-corrected chi connectivity index (χ3v) is 7.30. The molecule has 0 bridgehead atoms. The van der Waals surface area contributed by atoms with Gasteiger partial charge in [0, 0.05) is 23.9 Å². The summed E-state index contributed by atoms with van der Waals surface area (Å²) < 4.78 is 0. The molecule has 25 heavy (non-hydrogen) atoms. The number of thioether (sulfide) groups is 1. The molecule has 0 aliphatic carbocycles. The number of carbonyl (C=O) groups is 2. The summed E-state index contributed by atoms with van der Waals surface area (Å²) in [7, 11) is 0. The van der Waals surface area contributed by atoms with E-state index < -0.39 is 11.9 Å². The number of hydrogen-bond acceptors (Lipinski definition) is 4. The first-order valence-corrected chi connectivity index (χ1v) is 10.3. The standard InChI is InChI=1S/C19H19NO3S2/c21-18(17-13-6-8-24-16(13)7-9-25-17)20-10-14(15(11-20)19(22)23)12-4-2-1-3-5-12/h1-6,8,14-15,17H,7,9-11H2,(H,22,23). The van der Waals surface area contributed by atoms with E-state index in [9.17, 15) is 14.7 Å². The van der Waals surface area contributed by atoms with Gasteiger partial charge in [0.05, 0.1) is 5.92 Å². The number of fused-ring (bicyclic) bond motifs is 1. The second kappa shape index (κ2) is 6.84. The first-order chi connectivity index (χ1) is 12.1. The third-order valence-electron chi connectivity index (χ3n) is 5.08. The van der Waals surface area contributed by atoms with Crippen molar-refractivity contribution in [1.29, 1.82) is 0 Å². The predicted octanol–water partition coefficient (Wildman–Crippen LogP) is 3.41. The Morgan fingerprint density at radius 1 is 1.12 bits per heavy atom. The van der Waals surface area contributed by atoms with E-state index in [-0.39, 0.29) is 17.1 Å². The van der Waals surface area contributed by atoms with Crippen molar-refractivity contribution < 1.29 is 14.7 Å². The van der Waals surface area contributed by atoms with Gasteiger partial charge in [0.2, 0.25) is 5.91 Å². The van der Waals surface area contributed by atoms with Crippen molar-refractivity contribution in [3.8, 4) is 0 Å². The molecule has 1 aromatic heterocycles. The number of amides is 1. The average Bonchev–Trinajstić information content (AvgIpc) is 3.28. The summed E-state index contributed by atoms with van der Waals surface area (Å²) in [5, 5.41) is 11.5. The second-order valence-corrected chi connectivity index (χ2v) is 8.72. The van der Waals surface area contributed by atoms with Gasteiger partial charge in [-0.1, -0.05) is 30.3 Å². The van der Waals surface area contributed by atoms with Gasteiger partial charge in [-0.05, 0) is 34.7 Å². The molecule has 0 saturated carbocycles. The molecule has 6 heteroatoms. The lowest BCUT2D eigenvalue weighted by Crippen LogP contribution is -2.34. The van der Waals surface area contributed by atoms with Gasteiger partial charge in [-0.25, -0.2) is 0 Å². The molecule has 1 amide bonds. The summed E-state index contributed by atoms with van der Waals surface area (Å²) in [4.78, 5) is 27.9. The Morgan fingerprint density at radius 2 is 1.92 bits per heavy atom. The minimum Gasteiger partial charge on any atom is -0.481 e. The van der Waals surface area contributed by atoms with E-state index >= 15 is 0 Å². The number of hydrogen-bond donors (Lipinski definition) is 1. The predicted molar refractivity (Wildman–Crippen MR) is 100 cm³/mol. The monoisotopic (exact) mass is 373 g/mol. The minimum atomic E-state index is -0.823. The highest BCUT2D eigenvalue weighted by Crippen LogP contribution is 2.42. The van der Waals surface area contributed by atoms with Crippen LogP contribution in [0.2, 0.25) is 0 Å². The van der Waals surface area contributed by atoms with Crippen LogP contribution in [0.1, 0.15) is 27.2 Å². The minimum absolute atomic E-state index is 0.0639. The van der Waals surface area contributed by atoms with Crippen LogP contribution >= 0.6 is 23.1 Å². The fourth-order valence-electron chi connectivity index (χ4n) is 3.79. The first-order valence-electron chi connectivity index (χ1n) is 8.39. The van der Waals surface area contributed by atoms with Crippen molar-refractivity contribution in [2.75, 3.05) is 18.8 Å². The van der Waals surface area contributed by atoms with Crippen LogP contribution < -0.4 is 0 Å². The van der Waals surface area contributed by atoms with Gasteiger partial charge < -0.3 is 10.0 Å². The van der Waals surface area contributed by atoms with Gasteiger partial charge >= 0.3 is 5.97 Å². The molecule has 4 nitrogen and oxygen atoms in total. The molecule has 1 aromatic carbocycles. The van der Waals surface area contributed by atoms with Crippen LogP contribution in [0.3, 0.4) is 0 Å². The van der Waals surface area contributed by atoms with Crippen molar-refractivity contribution in [2.45, 2.75) is 17.6 Å². The van der Waals surface area contributed by atoms with Crippen LogP contribution in [0.25, 0.3) is 0 Å². The fourth-order valence-corrected chi connectivity index (χ4v) is 6.16. The number of aliphatic carboxylic acids is 1. The zero-order valence-corrected chi connectivity index (χ0v) is 15.3. The number of likely N-dealkylation sites (tertiary alicyclic amines) is 1. The lowest BCUT2D eigenvalue weighted by Gasteiger charge is -2.26. The number of nitrogens with zero attached hydrogens (tertiary/aromatic N) is 1. The molecule has 3 unspecified atom stereocenters. The van der Waals surface area contributed by atoms with Crippen LogP contribution in [0, 0.1) is 5.92 Å². The molecule has 2 aliphatic heterocycles. The van der Waals surface area contributed by atoms with Crippen LogP contribution in [0.4, 0.5) is 0 Å². The highest BCUT2D eigenvalue weighted by Gasteiger charge is 2.43. The van der Waals surface area contributed by atoms with Gasteiger partial charge in [0.1, 0.15) is 5.25 Å². The number of aryl methyl sites for hydroxylation is 1. The summed E-state index contributed by atoms with van der Waals surface area (Å²) in [6.07, 6.45) is 1.02. The Morgan fingerprint density at radius 3 is 2.68 bits per heavy atom. The Hall–Kier alpha value is -1.79. The maximum absolute atomic E-state index is 13.1. The Bertz CT molecular complexity index is 789. The Kier molecular flexibility index (Phi) is 4.56. The van der Waals surface area contributed by atoms with Crippen molar-refractivity contribution in [3.05, 3.63) is 57.8 Å². The van der Waals surface area contributed by atoms with Crippen molar-refractivity contribution in [2.24, 2.45) is 5.92 Å². The average molecular weight is 373 g/mol. The quantitative estimate of drug-likeness (QED) is 0.896. The molecular formula is C19H19NO3S2. The van der Waals surface area contributed by atoms with Crippen molar-refractivity contribution in [3.63, 3.8) is 0 Å². The van der Waals surface area contributed by atoms with E-state index in [0.717, 1.165) is 23.3 Å². The maximum atomic E-state index is 13.1. The van der Waals surface area contributed by atoms with Gasteiger partial charge in [-0.3, -0.25) is 9.59 Å². The van der Waals surface area contributed by atoms with E-state index in [1.807, 2.05) is 41.8 Å². The SMILES string of the molecule is O=C(O)C1CN(C(=O)C2SCCc3sccc32)CC1c1ccccc1. The molecule has 0 radical (unpaired) electrons. The van der Waals surface area contributed by atoms with E-state index in [0.29, 0.717) is 13.1 Å². The molecule has 130 valence electrons. The van der Waals surface area contributed by atoms with E-state index in [1.54, 1.807) is 28.0 Å². The molecule has 2 aliphatic rings. The summed E-state index contributed by atoms with van der Waals surface area (Å²) >= 11 is 3.39. The van der Waals surface area contributed by atoms with E-state index in [1.165, 1.54) is 4.88 Å². The van der Waals surface area contributed by atoms with Crippen LogP contribution in [0.5, 0.6) is 0 Å². The summed E-state index contributed by atoms with van der Waals surface area (Å²) in [6.45, 7) is 0.778. The van der Waals surface area contributed by atoms with E-state index in [2.05, 4.69) is 0 Å². The Balaban J connectivity index is 1.58. The molecular weight excluding hydrogens is 354 g/mol. The summed E-state index contributed by atoms with van der Waals surface area (Å²) in [6, 6.07) is 11.7. The fraction of sp³-hybridized carbons (Fsp3) is 0.368. The number of carbonyl (C=O) groups excluding carboxylic acids is 1. The lowest BCUT2D eigenvalue weighted by molar-refractivity contribution is -0.141. The van der Waals surface area contributed by atoms with Crippen LogP contribution in [0.15, 0.2) is 41.8 Å². The van der Waals surface area contributed by atoms with Crippen molar-refractivity contribution in [1.82, 2.24) is 4.90 Å². The van der Waals surface area contributed by atoms with Gasteiger partial charge in [-0.2, -0.15) is 0 Å². The van der Waals surface area contributed by atoms with Crippen LogP contribution in [-0.2, 0) is 16.0 Å². The van der Waals surface area contributed by atoms with Gasteiger partial charge in [-0.15, -0.1) is 23.1 Å². The summed E-state index contributed by atoms with van der Waals surface area (Å²) in [5.74, 6) is -0.492. The number of rotatable bonds is 3. The molecule has 1 saturated heterocycles. The van der Waals surface area contributed by atoms with Gasteiger partial charge in [0.25, 0.3) is 0 Å². The molecule has 3 heterocycles. The largest absolute Gasteiger partial charge is 0.481 e. The molecule has 4 rings (SSSR count). The van der Waals surface area contributed by atoms with Crippen molar-refractivity contribution >= 4 is 35.0 Å². The third kappa shape index (κ3) is 3.09. The number of carboxylic acid groups (broad SMARTS) is 1. The number of benzene rings is 1. The van der Waals surface area contributed by atoms with Crippen LogP contribution in [-0.4, -0.2) is 40.7 Å². The number of carboxylic acids is 1. The normalized spacial score (nSPS) is 25.6.